The lowest BCUT2D eigenvalue weighted by atomic mass is 9.71. The Bertz CT molecular complexity index is 859. The maximum atomic E-state index is 12.8. The Kier molecular flexibility index (Phi) is 4.84. The summed E-state index contributed by atoms with van der Waals surface area (Å²) >= 11 is 0. The molecule has 1 amide bonds. The van der Waals surface area contributed by atoms with Crippen molar-refractivity contribution in [3.05, 3.63) is 59.9 Å². The molecule has 1 N–H and O–H groups in total. The maximum Gasteiger partial charge on any atom is 0.397 e. The second-order valence-electron chi connectivity index (χ2n) is 7.23. The van der Waals surface area contributed by atoms with Gasteiger partial charge in [-0.15, -0.1) is 0 Å². The van der Waals surface area contributed by atoms with E-state index in [1.807, 2.05) is 29.2 Å². The number of benzene rings is 1. The van der Waals surface area contributed by atoms with Crippen LogP contribution in [-0.2, 0) is 11.3 Å². The third-order valence-corrected chi connectivity index (χ3v) is 5.57. The number of anilines is 1. The number of aliphatic hydroxyl groups is 1. The number of hydrogen-bond acceptors (Lipinski definition) is 4. The molecule has 4 rings (SSSR count). The number of para-hydroxylation sites is 1. The zero-order valence-corrected chi connectivity index (χ0v) is 15.0. The van der Waals surface area contributed by atoms with Gasteiger partial charge in [0.25, 0.3) is 0 Å². The largest absolute Gasteiger partial charge is 0.397 e. The molecule has 148 valence electrons. The zero-order valence-electron chi connectivity index (χ0n) is 15.0. The van der Waals surface area contributed by atoms with E-state index < -0.39 is 18.5 Å². The van der Waals surface area contributed by atoms with E-state index in [1.165, 1.54) is 4.90 Å². The molecule has 1 aromatic heterocycles. The molecule has 0 saturated carbocycles. The molecule has 1 saturated heterocycles. The molecule has 3 atom stereocenters. The van der Waals surface area contributed by atoms with E-state index in [1.54, 1.807) is 24.5 Å². The Morgan fingerprint density at radius 2 is 2.00 bits per heavy atom. The van der Waals surface area contributed by atoms with E-state index in [2.05, 4.69) is 4.98 Å². The third-order valence-electron chi connectivity index (χ3n) is 5.57. The molecule has 0 aliphatic carbocycles. The molecule has 2 aliphatic heterocycles. The second-order valence-corrected chi connectivity index (χ2v) is 7.23. The number of fused-ring (bicyclic) bond motifs is 3. The molecule has 0 bridgehead atoms. The standard InChI is InChI=1S/C20H20F3N3O2/c21-20(22,23)8-18(28)26-11-16-19(14-5-1-2-6-15(14)26)17(12-27)25(16)10-13-4-3-7-24-9-13/h1-7,9,16-17,19,27H,8,10-12H2/t16-,17-,19+/m1/s1. The summed E-state index contributed by atoms with van der Waals surface area (Å²) in [5.41, 5.74) is 2.28. The van der Waals surface area contributed by atoms with Crippen molar-refractivity contribution in [3.63, 3.8) is 0 Å². The number of hydrogen-bond donors (Lipinski definition) is 1. The van der Waals surface area contributed by atoms with Gasteiger partial charge in [0.15, 0.2) is 0 Å². The van der Waals surface area contributed by atoms with E-state index in [0.717, 1.165) is 11.1 Å². The Hall–Kier alpha value is -2.45. The smallest absolute Gasteiger partial charge is 0.395 e. The predicted octanol–water partition coefficient (Wildman–Crippen LogP) is 2.71. The summed E-state index contributed by atoms with van der Waals surface area (Å²) in [5, 5.41) is 9.94. The van der Waals surface area contributed by atoms with Crippen LogP contribution in [0.2, 0.25) is 0 Å². The number of aromatic nitrogens is 1. The van der Waals surface area contributed by atoms with Gasteiger partial charge in [0.05, 0.1) is 6.61 Å². The number of rotatable bonds is 4. The number of pyridine rings is 1. The van der Waals surface area contributed by atoms with Crippen molar-refractivity contribution >= 4 is 11.6 Å². The van der Waals surface area contributed by atoms with Crippen LogP contribution in [0.1, 0.15) is 23.5 Å². The fourth-order valence-electron chi connectivity index (χ4n) is 4.41. The van der Waals surface area contributed by atoms with E-state index in [4.69, 9.17) is 0 Å². The lowest BCUT2D eigenvalue weighted by Crippen LogP contribution is -2.68. The SMILES string of the molecule is O=C(CC(F)(F)F)N1C[C@@H]2[C@H](c3ccccc31)[C@@H](CO)N2Cc1cccnc1. The van der Waals surface area contributed by atoms with Gasteiger partial charge in [-0.05, 0) is 23.3 Å². The van der Waals surface area contributed by atoms with Crippen LogP contribution in [0.15, 0.2) is 48.8 Å². The van der Waals surface area contributed by atoms with Crippen LogP contribution in [0.3, 0.4) is 0 Å². The Labute approximate surface area is 160 Å². The molecule has 0 spiro atoms. The highest BCUT2D eigenvalue weighted by Crippen LogP contribution is 2.48. The lowest BCUT2D eigenvalue weighted by molar-refractivity contribution is -0.152. The van der Waals surface area contributed by atoms with Gasteiger partial charge < -0.3 is 10.0 Å². The van der Waals surface area contributed by atoms with Gasteiger partial charge in [-0.3, -0.25) is 14.7 Å². The first-order valence-electron chi connectivity index (χ1n) is 9.10. The normalized spacial score (nSPS) is 24.3. The first-order chi connectivity index (χ1) is 13.4. The van der Waals surface area contributed by atoms with Gasteiger partial charge in [0, 0.05) is 49.2 Å². The summed E-state index contributed by atoms with van der Waals surface area (Å²) in [7, 11) is 0. The highest BCUT2D eigenvalue weighted by atomic mass is 19.4. The van der Waals surface area contributed by atoms with Crippen molar-refractivity contribution in [2.75, 3.05) is 18.1 Å². The maximum absolute atomic E-state index is 12.8. The van der Waals surface area contributed by atoms with Crippen molar-refractivity contribution in [2.24, 2.45) is 0 Å². The Morgan fingerprint density at radius 3 is 2.68 bits per heavy atom. The summed E-state index contributed by atoms with van der Waals surface area (Å²) in [6.07, 6.45) is -2.64. The van der Waals surface area contributed by atoms with E-state index in [-0.39, 0.29) is 31.2 Å². The van der Waals surface area contributed by atoms with Gasteiger partial charge >= 0.3 is 6.18 Å². The molecule has 2 aromatic rings. The second kappa shape index (κ2) is 7.18. The number of amides is 1. The summed E-state index contributed by atoms with van der Waals surface area (Å²) in [5.74, 6) is -0.972. The first kappa shape index (κ1) is 18.9. The van der Waals surface area contributed by atoms with E-state index >= 15 is 0 Å². The molecule has 3 heterocycles. The van der Waals surface area contributed by atoms with Gasteiger partial charge in [-0.2, -0.15) is 13.2 Å². The molecule has 2 aliphatic rings. The van der Waals surface area contributed by atoms with Gasteiger partial charge in [-0.25, -0.2) is 0 Å². The van der Waals surface area contributed by atoms with E-state index in [0.29, 0.717) is 12.2 Å². The average Bonchev–Trinajstić information content (AvgIpc) is 2.65. The quantitative estimate of drug-likeness (QED) is 0.871. The van der Waals surface area contributed by atoms with Crippen LogP contribution in [0.5, 0.6) is 0 Å². The van der Waals surface area contributed by atoms with Crippen LogP contribution < -0.4 is 4.90 Å². The van der Waals surface area contributed by atoms with Crippen LogP contribution >= 0.6 is 0 Å². The average molecular weight is 391 g/mol. The third kappa shape index (κ3) is 3.38. The van der Waals surface area contributed by atoms with Crippen molar-refractivity contribution < 1.29 is 23.1 Å². The van der Waals surface area contributed by atoms with Crippen molar-refractivity contribution in [2.45, 2.75) is 37.1 Å². The van der Waals surface area contributed by atoms with Gasteiger partial charge in [0.2, 0.25) is 5.91 Å². The first-order valence-corrected chi connectivity index (χ1v) is 9.10. The molecule has 8 heteroatoms. The minimum absolute atomic E-state index is 0.0205. The predicted molar refractivity (Wildman–Crippen MR) is 96.6 cm³/mol. The van der Waals surface area contributed by atoms with Crippen LogP contribution in [0, 0.1) is 0 Å². The summed E-state index contributed by atoms with van der Waals surface area (Å²) < 4.78 is 38.4. The Balaban J connectivity index is 1.64. The highest BCUT2D eigenvalue weighted by molar-refractivity contribution is 5.95. The number of halogens is 3. The van der Waals surface area contributed by atoms with Crippen molar-refractivity contribution in [1.82, 2.24) is 9.88 Å². The number of alkyl halides is 3. The van der Waals surface area contributed by atoms with Crippen LogP contribution in [-0.4, -0.2) is 52.3 Å². The molecule has 28 heavy (non-hydrogen) atoms. The van der Waals surface area contributed by atoms with Gasteiger partial charge in [0.1, 0.15) is 6.42 Å². The zero-order chi connectivity index (χ0) is 19.9. The number of carbonyl (C=O) groups is 1. The number of nitrogens with zero attached hydrogens (tertiary/aromatic N) is 3. The summed E-state index contributed by atoms with van der Waals surface area (Å²) in [4.78, 5) is 19.8. The number of aliphatic hydroxyl groups excluding tert-OH is 1. The minimum atomic E-state index is -4.55. The Morgan fingerprint density at radius 1 is 1.21 bits per heavy atom. The molecule has 0 unspecified atom stereocenters. The van der Waals surface area contributed by atoms with Crippen LogP contribution in [0.25, 0.3) is 0 Å². The number of likely N-dealkylation sites (tertiary alicyclic amines) is 1. The fourth-order valence-corrected chi connectivity index (χ4v) is 4.41. The minimum Gasteiger partial charge on any atom is -0.395 e. The van der Waals surface area contributed by atoms with Crippen molar-refractivity contribution in [1.29, 1.82) is 0 Å². The number of carbonyl (C=O) groups excluding carboxylic acids is 1. The van der Waals surface area contributed by atoms with Crippen LogP contribution in [0.4, 0.5) is 18.9 Å². The van der Waals surface area contributed by atoms with Gasteiger partial charge in [-0.1, -0.05) is 24.3 Å². The lowest BCUT2D eigenvalue weighted by Gasteiger charge is -2.59. The fraction of sp³-hybridized carbons (Fsp3) is 0.400. The molecular weight excluding hydrogens is 371 g/mol. The molecule has 5 nitrogen and oxygen atoms in total. The van der Waals surface area contributed by atoms with Crippen molar-refractivity contribution in [3.8, 4) is 0 Å². The monoisotopic (exact) mass is 391 g/mol. The molecule has 1 aromatic carbocycles. The topological polar surface area (TPSA) is 56.7 Å². The molecule has 1 fully saturated rings. The highest BCUT2D eigenvalue weighted by Gasteiger charge is 2.53. The summed E-state index contributed by atoms with van der Waals surface area (Å²) in [6, 6.07) is 10.5. The molecular formula is C20H20F3N3O2. The summed E-state index contributed by atoms with van der Waals surface area (Å²) in [6.45, 7) is 0.628. The van der Waals surface area contributed by atoms with E-state index in [9.17, 15) is 23.1 Å². The molecule has 0 radical (unpaired) electrons.